The fourth-order valence-electron chi connectivity index (χ4n) is 1.29. The number of carbonyl (C=O) groups excluding carboxylic acids is 1. The van der Waals surface area contributed by atoms with Gasteiger partial charge in [-0.3, -0.25) is 4.79 Å². The third-order valence-electron chi connectivity index (χ3n) is 2.15. The highest BCUT2D eigenvalue weighted by Gasteiger charge is 2.03. The predicted molar refractivity (Wildman–Crippen MR) is 70.3 cm³/mol. The maximum absolute atomic E-state index is 11.4. The molecule has 0 saturated carbocycles. The first-order chi connectivity index (χ1) is 7.59. The molecule has 1 aromatic rings. The van der Waals surface area contributed by atoms with Crippen molar-refractivity contribution in [1.82, 2.24) is 5.32 Å². The van der Waals surface area contributed by atoms with Crippen molar-refractivity contribution in [3.05, 3.63) is 40.9 Å². The van der Waals surface area contributed by atoms with Gasteiger partial charge in [-0.05, 0) is 18.1 Å². The van der Waals surface area contributed by atoms with E-state index in [-0.39, 0.29) is 5.91 Å². The van der Waals surface area contributed by atoms with E-state index in [0.717, 1.165) is 15.7 Å². The van der Waals surface area contributed by atoms with Gasteiger partial charge in [0.15, 0.2) is 0 Å². The van der Waals surface area contributed by atoms with Crippen molar-refractivity contribution in [2.24, 2.45) is 0 Å². The molecular weight excluding hydrogens is 268 g/mol. The summed E-state index contributed by atoms with van der Waals surface area (Å²) in [5.74, 6) is 0.00357. The van der Waals surface area contributed by atoms with Crippen LogP contribution in [-0.4, -0.2) is 12.5 Å². The Kier molecular flexibility index (Phi) is 5.05. The molecule has 3 N–H and O–H groups in total. The van der Waals surface area contributed by atoms with Crippen molar-refractivity contribution in [3.8, 4) is 0 Å². The van der Waals surface area contributed by atoms with E-state index in [9.17, 15) is 4.79 Å². The molecule has 1 aromatic carbocycles. The molecule has 4 heteroatoms. The van der Waals surface area contributed by atoms with Gasteiger partial charge < -0.3 is 11.1 Å². The highest BCUT2D eigenvalue weighted by Crippen LogP contribution is 2.12. The third-order valence-corrected chi connectivity index (χ3v) is 2.43. The van der Waals surface area contributed by atoms with Crippen molar-refractivity contribution in [2.45, 2.75) is 12.8 Å². The number of nitrogens with one attached hydrogen (secondary N) is 1. The number of anilines is 1. The Balaban J connectivity index is 2.37. The maximum atomic E-state index is 11.4. The molecule has 0 aliphatic rings. The van der Waals surface area contributed by atoms with E-state index in [0.29, 0.717) is 19.4 Å². The summed E-state index contributed by atoms with van der Waals surface area (Å²) in [6, 6.07) is 7.58. The highest BCUT2D eigenvalue weighted by atomic mass is 79.9. The van der Waals surface area contributed by atoms with E-state index in [4.69, 9.17) is 5.73 Å². The summed E-state index contributed by atoms with van der Waals surface area (Å²) in [6.07, 6.45) is 1.10. The van der Waals surface area contributed by atoms with Crippen molar-refractivity contribution in [2.75, 3.05) is 12.3 Å². The Hall–Kier alpha value is -1.29. The van der Waals surface area contributed by atoms with Gasteiger partial charge in [-0.25, -0.2) is 0 Å². The topological polar surface area (TPSA) is 55.1 Å². The Morgan fingerprint density at radius 1 is 1.44 bits per heavy atom. The number of rotatable bonds is 5. The van der Waals surface area contributed by atoms with Gasteiger partial charge in [0.05, 0.1) is 0 Å². The van der Waals surface area contributed by atoms with Crippen molar-refractivity contribution in [1.29, 1.82) is 0 Å². The van der Waals surface area contributed by atoms with E-state index in [1.807, 2.05) is 24.3 Å². The van der Waals surface area contributed by atoms with Crippen LogP contribution in [-0.2, 0) is 11.2 Å². The van der Waals surface area contributed by atoms with Crippen molar-refractivity contribution in [3.63, 3.8) is 0 Å². The summed E-state index contributed by atoms with van der Waals surface area (Å²) in [4.78, 5) is 11.4. The second-order valence-electron chi connectivity index (χ2n) is 3.49. The summed E-state index contributed by atoms with van der Waals surface area (Å²) in [7, 11) is 0. The Morgan fingerprint density at radius 3 is 2.75 bits per heavy atom. The molecule has 0 atom stereocenters. The van der Waals surface area contributed by atoms with E-state index in [1.165, 1.54) is 0 Å². The summed E-state index contributed by atoms with van der Waals surface area (Å²) in [5, 5.41) is 2.75. The van der Waals surface area contributed by atoms with Crippen LogP contribution in [0.1, 0.15) is 12.0 Å². The van der Waals surface area contributed by atoms with E-state index < -0.39 is 0 Å². The van der Waals surface area contributed by atoms with Gasteiger partial charge in [0, 0.05) is 23.1 Å². The minimum atomic E-state index is 0.00357. The van der Waals surface area contributed by atoms with Crippen LogP contribution in [0.25, 0.3) is 0 Å². The fourth-order valence-corrected chi connectivity index (χ4v) is 1.43. The molecule has 0 aromatic heterocycles. The van der Waals surface area contributed by atoms with Crippen molar-refractivity contribution < 1.29 is 4.79 Å². The van der Waals surface area contributed by atoms with Crippen LogP contribution >= 0.6 is 15.9 Å². The fraction of sp³-hybridized carbons (Fsp3) is 0.250. The van der Waals surface area contributed by atoms with Gasteiger partial charge in [-0.15, -0.1) is 0 Å². The summed E-state index contributed by atoms with van der Waals surface area (Å²) in [5.41, 5.74) is 7.52. The number of para-hydroxylation sites is 1. The molecule has 0 saturated heterocycles. The number of aryl methyl sites for hydroxylation is 1. The number of halogens is 1. The Morgan fingerprint density at radius 2 is 2.12 bits per heavy atom. The van der Waals surface area contributed by atoms with Gasteiger partial charge in [-0.2, -0.15) is 0 Å². The van der Waals surface area contributed by atoms with Gasteiger partial charge in [0.1, 0.15) is 0 Å². The van der Waals surface area contributed by atoms with Crippen LogP contribution in [0.3, 0.4) is 0 Å². The first-order valence-corrected chi connectivity index (χ1v) is 5.82. The average Bonchev–Trinajstić information content (AvgIpc) is 2.25. The van der Waals surface area contributed by atoms with Crippen LogP contribution in [0, 0.1) is 0 Å². The number of hydrogen-bond acceptors (Lipinski definition) is 2. The zero-order chi connectivity index (χ0) is 12.0. The molecule has 1 rings (SSSR count). The normalized spacial score (nSPS) is 9.81. The standard InChI is InChI=1S/C12H15BrN2O/c1-9(13)8-15-12(16)7-6-10-4-2-3-5-11(10)14/h2-5H,1,6-8,14H2,(H,15,16). The second-order valence-corrected chi connectivity index (χ2v) is 4.61. The second kappa shape index (κ2) is 6.33. The number of nitrogens with two attached hydrogens (primary N) is 1. The number of amides is 1. The summed E-state index contributed by atoms with van der Waals surface area (Å²) >= 11 is 3.18. The zero-order valence-corrected chi connectivity index (χ0v) is 10.6. The molecule has 0 spiro atoms. The van der Waals surface area contributed by atoms with Crippen LogP contribution < -0.4 is 11.1 Å². The van der Waals surface area contributed by atoms with Crippen LogP contribution in [0.15, 0.2) is 35.3 Å². The van der Waals surface area contributed by atoms with Crippen LogP contribution in [0.5, 0.6) is 0 Å². The number of benzene rings is 1. The SMILES string of the molecule is C=C(Br)CNC(=O)CCc1ccccc1N. The quantitative estimate of drug-likeness (QED) is 0.814. The molecule has 0 aliphatic heterocycles. The zero-order valence-electron chi connectivity index (χ0n) is 9.00. The van der Waals surface area contributed by atoms with Gasteiger partial charge in [0.25, 0.3) is 0 Å². The smallest absolute Gasteiger partial charge is 0.220 e. The maximum Gasteiger partial charge on any atom is 0.220 e. The molecule has 1 amide bonds. The molecule has 0 fully saturated rings. The third kappa shape index (κ3) is 4.49. The lowest BCUT2D eigenvalue weighted by Gasteiger charge is -2.06. The first-order valence-electron chi connectivity index (χ1n) is 5.03. The number of hydrogen-bond donors (Lipinski definition) is 2. The van der Waals surface area contributed by atoms with Crippen LogP contribution in [0.2, 0.25) is 0 Å². The lowest BCUT2D eigenvalue weighted by atomic mass is 10.1. The molecule has 0 heterocycles. The largest absolute Gasteiger partial charge is 0.399 e. The first kappa shape index (κ1) is 12.8. The molecule has 3 nitrogen and oxygen atoms in total. The number of nitrogen functional groups attached to an aromatic ring is 1. The van der Waals surface area contributed by atoms with Crippen LogP contribution in [0.4, 0.5) is 5.69 Å². The molecule has 0 radical (unpaired) electrons. The molecule has 86 valence electrons. The minimum Gasteiger partial charge on any atom is -0.399 e. The highest BCUT2D eigenvalue weighted by molar-refractivity contribution is 9.11. The molecular formula is C12H15BrN2O. The monoisotopic (exact) mass is 282 g/mol. The van der Waals surface area contributed by atoms with E-state index in [2.05, 4.69) is 27.8 Å². The Bertz CT molecular complexity index is 390. The summed E-state index contributed by atoms with van der Waals surface area (Å²) in [6.45, 7) is 4.10. The lowest BCUT2D eigenvalue weighted by molar-refractivity contribution is -0.120. The average molecular weight is 283 g/mol. The van der Waals surface area contributed by atoms with Gasteiger partial charge in [-0.1, -0.05) is 40.7 Å². The summed E-state index contributed by atoms with van der Waals surface area (Å²) < 4.78 is 0.764. The molecule has 16 heavy (non-hydrogen) atoms. The van der Waals surface area contributed by atoms with E-state index in [1.54, 1.807) is 0 Å². The van der Waals surface area contributed by atoms with Gasteiger partial charge >= 0.3 is 0 Å². The van der Waals surface area contributed by atoms with Gasteiger partial charge in [0.2, 0.25) is 5.91 Å². The minimum absolute atomic E-state index is 0.00357. The predicted octanol–water partition coefficient (Wildman–Crippen LogP) is 2.23. The Labute approximate surface area is 104 Å². The van der Waals surface area contributed by atoms with E-state index >= 15 is 0 Å². The lowest BCUT2D eigenvalue weighted by Crippen LogP contribution is -2.24. The number of carbonyl (C=O) groups is 1. The molecule has 0 aliphatic carbocycles. The molecule has 0 bridgehead atoms. The molecule has 0 unspecified atom stereocenters. The van der Waals surface area contributed by atoms with Crippen molar-refractivity contribution >= 4 is 27.5 Å².